The van der Waals surface area contributed by atoms with E-state index in [2.05, 4.69) is 8.92 Å². The van der Waals surface area contributed by atoms with Crippen LogP contribution in [0.2, 0.25) is 0 Å². The van der Waals surface area contributed by atoms with Gasteiger partial charge in [0.15, 0.2) is 0 Å². The monoisotopic (exact) mass is 282 g/mol. The normalized spacial score (nSPS) is 35.2. The molecule has 0 saturated carbocycles. The highest BCUT2D eigenvalue weighted by Crippen LogP contribution is 2.30. The average Bonchev–Trinajstić information content (AvgIpc) is 2.43. The second-order valence-electron chi connectivity index (χ2n) is 3.20. The summed E-state index contributed by atoms with van der Waals surface area (Å²) in [5.41, 5.74) is -5.67. The molecular weight excluding hydrogens is 273 g/mol. The van der Waals surface area contributed by atoms with E-state index in [0.717, 1.165) is 0 Å². The molecule has 0 amide bonds. The van der Waals surface area contributed by atoms with Gasteiger partial charge in [-0.25, -0.2) is 4.18 Å². The molecule has 1 aliphatic heterocycles. The number of aliphatic hydroxyl groups is 3. The van der Waals surface area contributed by atoms with Crippen LogP contribution in [0.1, 0.15) is 0 Å². The molecule has 1 fully saturated rings. The maximum Gasteiger partial charge on any atom is 0.523 e. The summed E-state index contributed by atoms with van der Waals surface area (Å²) in [6.07, 6.45) is -7.38. The molecule has 0 aliphatic carbocycles. The van der Waals surface area contributed by atoms with Gasteiger partial charge in [-0.1, -0.05) is 0 Å². The fourth-order valence-corrected chi connectivity index (χ4v) is 1.64. The van der Waals surface area contributed by atoms with Gasteiger partial charge in [-0.3, -0.25) is 0 Å². The molecule has 1 unspecified atom stereocenters. The minimum atomic E-state index is -5.95. The average molecular weight is 282 g/mol. The summed E-state index contributed by atoms with van der Waals surface area (Å²) in [4.78, 5) is 0. The van der Waals surface area contributed by atoms with Crippen LogP contribution < -0.4 is 0 Å². The molecule has 11 heteroatoms. The Morgan fingerprint density at radius 1 is 1.24 bits per heavy atom. The predicted molar refractivity (Wildman–Crippen MR) is 43.8 cm³/mol. The van der Waals surface area contributed by atoms with E-state index in [1.807, 2.05) is 0 Å². The van der Waals surface area contributed by atoms with Crippen LogP contribution in [0.25, 0.3) is 0 Å². The molecule has 3 N–H and O–H groups in total. The first-order valence-electron chi connectivity index (χ1n) is 4.22. The first-order valence-corrected chi connectivity index (χ1v) is 5.63. The fraction of sp³-hybridized carbons (Fsp3) is 1.00. The van der Waals surface area contributed by atoms with Crippen LogP contribution in [0.15, 0.2) is 0 Å². The zero-order valence-electron chi connectivity index (χ0n) is 8.03. The lowest BCUT2D eigenvalue weighted by Gasteiger charge is -2.16. The summed E-state index contributed by atoms with van der Waals surface area (Å²) in [5, 5.41) is 26.9. The van der Waals surface area contributed by atoms with Crippen molar-refractivity contribution < 1.29 is 45.8 Å². The molecule has 0 aromatic heterocycles. The molecule has 17 heavy (non-hydrogen) atoms. The highest BCUT2D eigenvalue weighted by molar-refractivity contribution is 7.87. The lowest BCUT2D eigenvalue weighted by molar-refractivity contribution is -0.129. The third-order valence-electron chi connectivity index (χ3n) is 2.00. The van der Waals surface area contributed by atoms with Crippen molar-refractivity contribution >= 4 is 10.1 Å². The second kappa shape index (κ2) is 4.66. The topological polar surface area (TPSA) is 113 Å². The van der Waals surface area contributed by atoms with Crippen molar-refractivity contribution in [2.45, 2.75) is 30.1 Å². The van der Waals surface area contributed by atoms with E-state index in [1.54, 1.807) is 0 Å². The van der Waals surface area contributed by atoms with Crippen LogP contribution in [0.5, 0.6) is 0 Å². The van der Waals surface area contributed by atoms with Gasteiger partial charge in [-0.2, -0.15) is 21.6 Å². The van der Waals surface area contributed by atoms with Crippen molar-refractivity contribution in [3.05, 3.63) is 0 Å². The molecule has 4 atom stereocenters. The molecule has 0 spiro atoms. The molecule has 1 heterocycles. The van der Waals surface area contributed by atoms with Gasteiger partial charge in [-0.05, 0) is 0 Å². The van der Waals surface area contributed by atoms with Gasteiger partial charge in [0.05, 0.1) is 6.61 Å². The Balaban J connectivity index is 2.78. The first kappa shape index (κ1) is 14.6. The zero-order chi connectivity index (χ0) is 13.4. The largest absolute Gasteiger partial charge is 0.523 e. The molecule has 0 aromatic carbocycles. The number of ether oxygens (including phenoxy) is 1. The Morgan fingerprint density at radius 3 is 2.12 bits per heavy atom. The quantitative estimate of drug-likeness (QED) is 0.417. The lowest BCUT2D eigenvalue weighted by atomic mass is 10.1. The van der Waals surface area contributed by atoms with E-state index in [-0.39, 0.29) is 0 Å². The molecule has 102 valence electrons. The van der Waals surface area contributed by atoms with Crippen LogP contribution in [0, 0.1) is 0 Å². The van der Waals surface area contributed by atoms with E-state index < -0.39 is 46.8 Å². The van der Waals surface area contributed by atoms with Crippen molar-refractivity contribution in [2.75, 3.05) is 6.61 Å². The number of hydrogen-bond acceptors (Lipinski definition) is 7. The number of halogens is 3. The third-order valence-corrected chi connectivity index (χ3v) is 3.01. The van der Waals surface area contributed by atoms with Crippen molar-refractivity contribution in [1.82, 2.24) is 0 Å². The van der Waals surface area contributed by atoms with E-state index in [9.17, 15) is 21.6 Å². The lowest BCUT2D eigenvalue weighted by Crippen LogP contribution is -2.37. The molecule has 0 aromatic rings. The van der Waals surface area contributed by atoms with Gasteiger partial charge in [0, 0.05) is 0 Å². The summed E-state index contributed by atoms with van der Waals surface area (Å²) in [6.45, 7) is -0.815. The Morgan fingerprint density at radius 2 is 1.76 bits per heavy atom. The number of aliphatic hydroxyl groups excluding tert-OH is 3. The predicted octanol–water partition coefficient (Wildman–Crippen LogP) is -1.71. The maximum absolute atomic E-state index is 11.9. The number of alkyl halides is 3. The number of rotatable bonds is 3. The Bertz CT molecular complexity index is 366. The van der Waals surface area contributed by atoms with Crippen molar-refractivity contribution in [3.8, 4) is 0 Å². The van der Waals surface area contributed by atoms with Crippen molar-refractivity contribution in [3.63, 3.8) is 0 Å². The van der Waals surface area contributed by atoms with E-state index in [1.165, 1.54) is 0 Å². The Hall–Kier alpha value is -0.460. The van der Waals surface area contributed by atoms with Crippen LogP contribution in [0.3, 0.4) is 0 Å². The second-order valence-corrected chi connectivity index (χ2v) is 4.77. The van der Waals surface area contributed by atoms with Crippen LogP contribution in [-0.2, 0) is 19.0 Å². The highest BCUT2D eigenvalue weighted by Gasteiger charge is 2.53. The standard InChI is InChI=1S/C6H9F3O7S/c7-6(8,9)17(13,14)16-5-4(12)3(11)2(1-10)15-5/h2-5,10-12H,1H2/t2-,3-,4-,5?/m1/s1. The molecule has 0 bridgehead atoms. The van der Waals surface area contributed by atoms with Crippen LogP contribution in [-0.4, -0.2) is 60.5 Å². The van der Waals surface area contributed by atoms with Gasteiger partial charge in [0.25, 0.3) is 0 Å². The molecule has 0 radical (unpaired) electrons. The minimum Gasteiger partial charge on any atom is -0.394 e. The maximum atomic E-state index is 11.9. The summed E-state index contributed by atoms with van der Waals surface area (Å²) in [7, 11) is -5.95. The molecule has 1 aliphatic rings. The van der Waals surface area contributed by atoms with E-state index in [4.69, 9.17) is 15.3 Å². The molecular formula is C6H9F3O7S. The molecule has 1 saturated heterocycles. The smallest absolute Gasteiger partial charge is 0.394 e. The summed E-state index contributed by atoms with van der Waals surface area (Å²) < 4.78 is 64.9. The van der Waals surface area contributed by atoms with Gasteiger partial charge in [0.2, 0.25) is 6.29 Å². The van der Waals surface area contributed by atoms with Crippen molar-refractivity contribution in [1.29, 1.82) is 0 Å². The van der Waals surface area contributed by atoms with Crippen LogP contribution >= 0.6 is 0 Å². The minimum absolute atomic E-state index is 0.815. The zero-order valence-corrected chi connectivity index (χ0v) is 8.85. The SMILES string of the molecule is O=S(=O)(OC1O[C@H](CO)[C@@H](O)[C@H]1O)C(F)(F)F. The van der Waals surface area contributed by atoms with Gasteiger partial charge in [0.1, 0.15) is 18.3 Å². The summed E-state index contributed by atoms with van der Waals surface area (Å²) >= 11 is 0. The third kappa shape index (κ3) is 2.86. The molecule has 1 rings (SSSR count). The highest BCUT2D eigenvalue weighted by atomic mass is 32.2. The number of hydrogen-bond donors (Lipinski definition) is 3. The Labute approximate surface area is 93.5 Å². The summed E-state index contributed by atoms with van der Waals surface area (Å²) in [5.74, 6) is 0. The van der Waals surface area contributed by atoms with E-state index in [0.29, 0.717) is 0 Å². The van der Waals surface area contributed by atoms with Gasteiger partial charge >= 0.3 is 15.6 Å². The summed E-state index contributed by atoms with van der Waals surface area (Å²) in [6, 6.07) is 0. The van der Waals surface area contributed by atoms with Gasteiger partial charge < -0.3 is 20.1 Å². The van der Waals surface area contributed by atoms with Crippen molar-refractivity contribution in [2.24, 2.45) is 0 Å². The van der Waals surface area contributed by atoms with Gasteiger partial charge in [-0.15, -0.1) is 0 Å². The first-order chi connectivity index (χ1) is 7.60. The Kier molecular flexibility index (Phi) is 4.01. The molecule has 7 nitrogen and oxygen atoms in total. The van der Waals surface area contributed by atoms with Crippen LogP contribution in [0.4, 0.5) is 13.2 Å². The van der Waals surface area contributed by atoms with E-state index >= 15 is 0 Å². The fourth-order valence-electron chi connectivity index (χ4n) is 1.12.